The van der Waals surface area contributed by atoms with Crippen molar-refractivity contribution in [3.63, 3.8) is 0 Å². The number of hydrogen-bond acceptors (Lipinski definition) is 6. The van der Waals surface area contributed by atoms with Crippen molar-refractivity contribution >= 4 is 21.6 Å². The third-order valence-electron chi connectivity index (χ3n) is 0.975. The molecule has 0 aliphatic heterocycles. The van der Waals surface area contributed by atoms with Crippen LogP contribution in [0.3, 0.4) is 0 Å². The molecule has 0 saturated heterocycles. The summed E-state index contributed by atoms with van der Waals surface area (Å²) in [6, 6.07) is 0. The van der Waals surface area contributed by atoms with E-state index in [0.29, 0.717) is 0 Å². The maximum absolute atomic E-state index is 10.9. The summed E-state index contributed by atoms with van der Waals surface area (Å²) in [6.07, 6.45) is 1.06. The fraction of sp³-hybridized carbons (Fsp3) is 0.500. The smallest absolute Gasteiger partial charge is 0.265 e. The Morgan fingerprint density at radius 3 is 2.45 bits per heavy atom. The fourth-order valence-corrected chi connectivity index (χ4v) is 2.10. The van der Waals surface area contributed by atoms with Gasteiger partial charge in [0.15, 0.2) is 9.84 Å². The van der Waals surface area contributed by atoms with Crippen molar-refractivity contribution in [1.29, 1.82) is 0 Å². The van der Waals surface area contributed by atoms with E-state index >= 15 is 0 Å². The molecule has 62 valence electrons. The van der Waals surface area contributed by atoms with E-state index in [-0.39, 0.29) is 10.9 Å². The summed E-state index contributed by atoms with van der Waals surface area (Å²) in [4.78, 5) is 0. The molecule has 0 aliphatic carbocycles. The molecule has 1 heterocycles. The van der Waals surface area contributed by atoms with Crippen molar-refractivity contribution in [3.8, 4) is 5.88 Å². The Balaban J connectivity index is 3.24. The molecule has 11 heavy (non-hydrogen) atoms. The predicted molar refractivity (Wildman–Crippen MR) is 39.6 cm³/mol. The highest BCUT2D eigenvalue weighted by Crippen LogP contribution is 2.19. The lowest BCUT2D eigenvalue weighted by molar-refractivity contribution is 0.388. The van der Waals surface area contributed by atoms with E-state index in [0.717, 1.165) is 18.0 Å². The summed E-state index contributed by atoms with van der Waals surface area (Å²) in [6.45, 7) is 0. The van der Waals surface area contributed by atoms with Crippen LogP contribution in [0.2, 0.25) is 0 Å². The number of ether oxygens (including phenoxy) is 1. The zero-order valence-corrected chi connectivity index (χ0v) is 7.57. The summed E-state index contributed by atoms with van der Waals surface area (Å²) in [7, 11) is -1.94. The Hall–Kier alpha value is -0.690. The van der Waals surface area contributed by atoms with Gasteiger partial charge in [0.25, 0.3) is 5.88 Å². The SMILES string of the molecule is COc1nsnc1S(C)(=O)=O. The Morgan fingerprint density at radius 1 is 1.45 bits per heavy atom. The first-order valence-electron chi connectivity index (χ1n) is 2.62. The molecule has 0 fully saturated rings. The number of rotatable bonds is 2. The van der Waals surface area contributed by atoms with Gasteiger partial charge >= 0.3 is 0 Å². The second-order valence-electron chi connectivity index (χ2n) is 1.85. The molecule has 0 bridgehead atoms. The molecule has 5 nitrogen and oxygen atoms in total. The molecule has 7 heteroatoms. The number of methoxy groups -OCH3 is 1. The van der Waals surface area contributed by atoms with E-state index in [4.69, 9.17) is 0 Å². The summed E-state index contributed by atoms with van der Waals surface area (Å²) in [5, 5.41) is -0.0926. The Kier molecular flexibility index (Phi) is 2.10. The van der Waals surface area contributed by atoms with Crippen molar-refractivity contribution in [1.82, 2.24) is 8.75 Å². The molecule has 0 aliphatic rings. The van der Waals surface area contributed by atoms with Crippen LogP contribution in [0.25, 0.3) is 0 Å². The first-order chi connectivity index (χ1) is 5.05. The number of hydrogen-bond donors (Lipinski definition) is 0. The van der Waals surface area contributed by atoms with Crippen molar-refractivity contribution in [3.05, 3.63) is 0 Å². The van der Waals surface area contributed by atoms with Gasteiger partial charge in [-0.1, -0.05) is 0 Å². The minimum absolute atomic E-state index is 0.0671. The molecule has 0 atom stereocenters. The predicted octanol–water partition coefficient (Wildman–Crippen LogP) is -0.0498. The van der Waals surface area contributed by atoms with Gasteiger partial charge in [-0.05, 0) is 0 Å². The van der Waals surface area contributed by atoms with Gasteiger partial charge in [-0.15, -0.1) is 4.37 Å². The van der Waals surface area contributed by atoms with Gasteiger partial charge < -0.3 is 4.74 Å². The summed E-state index contributed by atoms with van der Waals surface area (Å²) in [5.74, 6) is 0.0671. The van der Waals surface area contributed by atoms with Crippen LogP contribution in [0, 0.1) is 0 Å². The first-order valence-corrected chi connectivity index (χ1v) is 5.24. The molecule has 1 aromatic rings. The second-order valence-corrected chi connectivity index (χ2v) is 4.31. The molecule has 1 aromatic heterocycles. The quantitative estimate of drug-likeness (QED) is 0.660. The third kappa shape index (κ3) is 1.66. The zero-order valence-electron chi connectivity index (χ0n) is 5.94. The van der Waals surface area contributed by atoms with Crippen LogP contribution < -0.4 is 4.74 Å². The number of sulfone groups is 1. The Labute approximate surface area is 68.3 Å². The van der Waals surface area contributed by atoms with Crippen LogP contribution in [0.5, 0.6) is 5.88 Å². The molecule has 0 amide bonds. The van der Waals surface area contributed by atoms with Gasteiger partial charge in [0.05, 0.1) is 18.8 Å². The minimum atomic E-state index is -3.29. The van der Waals surface area contributed by atoms with Crippen molar-refractivity contribution in [2.24, 2.45) is 0 Å². The second kappa shape index (κ2) is 2.74. The maximum Gasteiger partial charge on any atom is 0.265 e. The van der Waals surface area contributed by atoms with Crippen LogP contribution in [0.15, 0.2) is 5.03 Å². The topological polar surface area (TPSA) is 69.2 Å². The largest absolute Gasteiger partial charge is 0.478 e. The van der Waals surface area contributed by atoms with E-state index in [2.05, 4.69) is 13.5 Å². The lowest BCUT2D eigenvalue weighted by Gasteiger charge is -1.94. The highest BCUT2D eigenvalue weighted by molar-refractivity contribution is 7.90. The Morgan fingerprint density at radius 2 is 2.09 bits per heavy atom. The maximum atomic E-state index is 10.9. The highest BCUT2D eigenvalue weighted by atomic mass is 32.2. The molecular weight excluding hydrogens is 188 g/mol. The first kappa shape index (κ1) is 8.41. The average Bonchev–Trinajstić information content (AvgIpc) is 2.31. The van der Waals surface area contributed by atoms with Crippen LogP contribution in [-0.2, 0) is 9.84 Å². The van der Waals surface area contributed by atoms with Crippen LogP contribution in [0.4, 0.5) is 0 Å². The third-order valence-corrected chi connectivity index (χ3v) is 2.57. The highest BCUT2D eigenvalue weighted by Gasteiger charge is 2.18. The van der Waals surface area contributed by atoms with Gasteiger partial charge in [-0.2, -0.15) is 4.37 Å². The zero-order chi connectivity index (χ0) is 8.48. The molecule has 0 aromatic carbocycles. The van der Waals surface area contributed by atoms with E-state index in [1.807, 2.05) is 0 Å². The van der Waals surface area contributed by atoms with Crippen molar-refractivity contribution < 1.29 is 13.2 Å². The van der Waals surface area contributed by atoms with Crippen molar-refractivity contribution in [2.45, 2.75) is 5.03 Å². The summed E-state index contributed by atoms with van der Waals surface area (Å²) < 4.78 is 33.7. The van der Waals surface area contributed by atoms with E-state index < -0.39 is 9.84 Å². The molecular formula is C4H6N2O3S2. The molecule has 0 unspecified atom stereocenters. The Bertz CT molecular complexity index is 342. The lowest BCUT2D eigenvalue weighted by atomic mass is 10.8. The molecule has 0 N–H and O–H groups in total. The minimum Gasteiger partial charge on any atom is -0.478 e. The van der Waals surface area contributed by atoms with Gasteiger partial charge in [-0.25, -0.2) is 8.42 Å². The van der Waals surface area contributed by atoms with Gasteiger partial charge in [-0.3, -0.25) is 0 Å². The summed E-state index contributed by atoms with van der Waals surface area (Å²) in [5.41, 5.74) is 0. The molecule has 1 rings (SSSR count). The average molecular weight is 194 g/mol. The number of aromatic nitrogens is 2. The van der Waals surface area contributed by atoms with E-state index in [9.17, 15) is 8.42 Å². The van der Waals surface area contributed by atoms with Gasteiger partial charge in [0, 0.05) is 6.26 Å². The molecule has 0 saturated carbocycles. The fourth-order valence-electron chi connectivity index (χ4n) is 0.524. The molecule has 0 radical (unpaired) electrons. The van der Waals surface area contributed by atoms with Crippen LogP contribution in [0.1, 0.15) is 0 Å². The van der Waals surface area contributed by atoms with Crippen LogP contribution in [-0.4, -0.2) is 30.5 Å². The van der Waals surface area contributed by atoms with Gasteiger partial charge in [0.1, 0.15) is 0 Å². The van der Waals surface area contributed by atoms with E-state index in [1.165, 1.54) is 7.11 Å². The van der Waals surface area contributed by atoms with Crippen molar-refractivity contribution in [2.75, 3.05) is 13.4 Å². The lowest BCUT2D eigenvalue weighted by Crippen LogP contribution is -1.99. The normalized spacial score (nSPS) is 11.5. The van der Waals surface area contributed by atoms with E-state index in [1.54, 1.807) is 0 Å². The van der Waals surface area contributed by atoms with Crippen LogP contribution >= 0.6 is 11.7 Å². The summed E-state index contributed by atoms with van der Waals surface area (Å²) >= 11 is 0.813. The van der Waals surface area contributed by atoms with Gasteiger partial charge in [0.2, 0.25) is 5.03 Å². The standard InChI is InChI=1S/C4H6N2O3S2/c1-9-3-4(6-10-5-3)11(2,7)8/h1-2H3. The monoisotopic (exact) mass is 194 g/mol. The number of nitrogens with zero attached hydrogens (tertiary/aromatic N) is 2. The molecule has 0 spiro atoms.